The van der Waals surface area contributed by atoms with Crippen LogP contribution in [0.4, 0.5) is 8.78 Å². The van der Waals surface area contributed by atoms with Gasteiger partial charge in [0.1, 0.15) is 11.6 Å². The predicted octanol–water partition coefficient (Wildman–Crippen LogP) is 2.29. The number of halogens is 2. The fraction of sp³-hybridized carbons (Fsp3) is 0. The van der Waals surface area contributed by atoms with Gasteiger partial charge in [-0.2, -0.15) is 5.26 Å². The molecule has 0 aliphatic rings. The molecule has 0 aliphatic carbocycles. The molecule has 16 heavy (non-hydrogen) atoms. The summed E-state index contributed by atoms with van der Waals surface area (Å²) in [6.45, 7) is 0. The van der Waals surface area contributed by atoms with Gasteiger partial charge in [0, 0.05) is 18.0 Å². The molecule has 0 unspecified atom stereocenters. The van der Waals surface area contributed by atoms with Gasteiger partial charge in [-0.05, 0) is 18.2 Å². The summed E-state index contributed by atoms with van der Waals surface area (Å²) in [4.78, 5) is 7.75. The highest BCUT2D eigenvalue weighted by molar-refractivity contribution is 5.64. The number of aromatic nitrogens is 2. The first-order chi connectivity index (χ1) is 7.74. The molecule has 1 heterocycles. The molecule has 1 aromatic carbocycles. The van der Waals surface area contributed by atoms with Gasteiger partial charge in [-0.25, -0.2) is 18.7 Å². The lowest BCUT2D eigenvalue weighted by molar-refractivity contribution is 0.506. The van der Waals surface area contributed by atoms with Crippen LogP contribution in [0.3, 0.4) is 0 Å². The molecule has 0 saturated heterocycles. The van der Waals surface area contributed by atoms with Crippen molar-refractivity contribution >= 4 is 0 Å². The minimum atomic E-state index is -1.17. The number of rotatable bonds is 1. The number of benzene rings is 1. The molecule has 0 N–H and O–H groups in total. The van der Waals surface area contributed by atoms with E-state index in [0.717, 1.165) is 6.07 Å². The quantitative estimate of drug-likeness (QED) is 0.736. The van der Waals surface area contributed by atoms with Crippen LogP contribution in [0.15, 0.2) is 30.6 Å². The molecule has 2 aromatic rings. The molecule has 0 amide bonds. The Balaban J connectivity index is 2.68. The summed E-state index contributed by atoms with van der Waals surface area (Å²) in [5.41, 5.74) is -0.201. The molecule has 5 heteroatoms. The Morgan fingerprint density at radius 3 is 2.44 bits per heavy atom. The fourth-order valence-electron chi connectivity index (χ4n) is 1.28. The lowest BCUT2D eigenvalue weighted by Crippen LogP contribution is -1.96. The number of hydrogen-bond donors (Lipinski definition) is 0. The van der Waals surface area contributed by atoms with Crippen molar-refractivity contribution in [3.63, 3.8) is 0 Å². The minimum Gasteiger partial charge on any atom is -0.237 e. The highest BCUT2D eigenvalue weighted by Crippen LogP contribution is 2.23. The van der Waals surface area contributed by atoms with Crippen molar-refractivity contribution < 1.29 is 8.78 Å². The molecule has 1 aromatic heterocycles. The summed E-state index contributed by atoms with van der Waals surface area (Å²) in [5.74, 6) is -2.04. The van der Waals surface area contributed by atoms with Crippen LogP contribution >= 0.6 is 0 Å². The first-order valence-electron chi connectivity index (χ1n) is 4.39. The number of nitriles is 1. The molecule has 0 atom stereocenters. The number of hydrogen-bond acceptors (Lipinski definition) is 3. The summed E-state index contributed by atoms with van der Waals surface area (Å²) >= 11 is 0. The normalized spacial score (nSPS) is 9.81. The average molecular weight is 217 g/mol. The van der Waals surface area contributed by atoms with E-state index in [9.17, 15) is 8.78 Å². The molecular formula is C11H5F2N3. The molecule has 78 valence electrons. The van der Waals surface area contributed by atoms with Gasteiger partial charge in [-0.3, -0.25) is 0 Å². The average Bonchev–Trinajstić information content (AvgIpc) is 2.33. The van der Waals surface area contributed by atoms with Crippen LogP contribution in [0.5, 0.6) is 0 Å². The molecule has 0 spiro atoms. The van der Waals surface area contributed by atoms with E-state index in [1.165, 1.54) is 18.5 Å². The van der Waals surface area contributed by atoms with Crippen molar-refractivity contribution in [3.05, 3.63) is 47.8 Å². The molecule has 0 aliphatic heterocycles. The zero-order valence-corrected chi connectivity index (χ0v) is 7.98. The van der Waals surface area contributed by atoms with Crippen LogP contribution in [-0.2, 0) is 0 Å². The maximum absolute atomic E-state index is 13.3. The molecule has 2 rings (SSSR count). The molecular weight excluding hydrogens is 212 g/mol. The maximum atomic E-state index is 13.3. The summed E-state index contributed by atoms with van der Waals surface area (Å²) in [6.07, 6.45) is 2.93. The maximum Gasteiger partial charge on any atom is 0.177 e. The molecule has 0 bridgehead atoms. The highest BCUT2D eigenvalue weighted by Gasteiger charge is 2.15. The van der Waals surface area contributed by atoms with Crippen molar-refractivity contribution in [1.29, 1.82) is 5.26 Å². The van der Waals surface area contributed by atoms with Gasteiger partial charge >= 0.3 is 0 Å². The van der Waals surface area contributed by atoms with Gasteiger partial charge in [0.2, 0.25) is 0 Å². The zero-order valence-electron chi connectivity index (χ0n) is 7.98. The van der Waals surface area contributed by atoms with Crippen molar-refractivity contribution in [2.24, 2.45) is 0 Å². The lowest BCUT2D eigenvalue weighted by atomic mass is 10.1. The Labute approximate surface area is 90.0 Å². The van der Waals surface area contributed by atoms with E-state index in [2.05, 4.69) is 9.97 Å². The summed E-state index contributed by atoms with van der Waals surface area (Å²) in [7, 11) is 0. The lowest BCUT2D eigenvalue weighted by Gasteiger charge is -2.03. The van der Waals surface area contributed by atoms with E-state index in [-0.39, 0.29) is 17.0 Å². The second kappa shape index (κ2) is 4.03. The van der Waals surface area contributed by atoms with Crippen LogP contribution in [-0.4, -0.2) is 9.97 Å². The predicted molar refractivity (Wildman–Crippen MR) is 52.1 cm³/mol. The minimum absolute atomic E-state index is 0.182. The van der Waals surface area contributed by atoms with Crippen LogP contribution in [0, 0.1) is 23.0 Å². The number of nitrogens with zero attached hydrogens (tertiary/aromatic N) is 3. The van der Waals surface area contributed by atoms with Crippen LogP contribution in [0.25, 0.3) is 11.4 Å². The third-order valence-electron chi connectivity index (χ3n) is 2.01. The molecule has 0 saturated carbocycles. The van der Waals surface area contributed by atoms with Gasteiger partial charge in [0.15, 0.2) is 17.5 Å². The summed E-state index contributed by atoms with van der Waals surface area (Å²) < 4.78 is 26.2. The summed E-state index contributed by atoms with van der Waals surface area (Å²) in [5, 5.41) is 8.77. The van der Waals surface area contributed by atoms with Crippen LogP contribution in [0.2, 0.25) is 0 Å². The van der Waals surface area contributed by atoms with E-state index in [1.807, 2.05) is 0 Å². The Morgan fingerprint density at radius 1 is 1.12 bits per heavy atom. The van der Waals surface area contributed by atoms with Crippen LogP contribution in [0.1, 0.15) is 5.56 Å². The second-order valence-corrected chi connectivity index (χ2v) is 2.97. The van der Waals surface area contributed by atoms with E-state index < -0.39 is 11.6 Å². The smallest absolute Gasteiger partial charge is 0.177 e. The second-order valence-electron chi connectivity index (χ2n) is 2.97. The first kappa shape index (κ1) is 10.2. The van der Waals surface area contributed by atoms with Gasteiger partial charge in [-0.1, -0.05) is 0 Å². The zero-order chi connectivity index (χ0) is 11.5. The van der Waals surface area contributed by atoms with E-state index in [1.54, 1.807) is 12.1 Å². The fourth-order valence-corrected chi connectivity index (χ4v) is 1.28. The van der Waals surface area contributed by atoms with Crippen molar-refractivity contribution in [3.8, 4) is 17.5 Å². The van der Waals surface area contributed by atoms with Gasteiger partial charge in [-0.15, -0.1) is 0 Å². The SMILES string of the molecule is N#Cc1c(-c2ncccn2)ccc(F)c1F. The Hall–Kier alpha value is -2.35. The third kappa shape index (κ3) is 1.61. The Morgan fingerprint density at radius 2 is 1.81 bits per heavy atom. The topological polar surface area (TPSA) is 49.6 Å². The Bertz CT molecular complexity index is 561. The van der Waals surface area contributed by atoms with Gasteiger partial charge in [0.05, 0.1) is 0 Å². The molecule has 3 nitrogen and oxygen atoms in total. The van der Waals surface area contributed by atoms with Gasteiger partial charge in [0.25, 0.3) is 0 Å². The summed E-state index contributed by atoms with van der Waals surface area (Å²) in [6, 6.07) is 5.43. The molecule has 0 radical (unpaired) electrons. The third-order valence-corrected chi connectivity index (χ3v) is 2.01. The molecule has 0 fully saturated rings. The Kier molecular flexibility index (Phi) is 2.56. The van der Waals surface area contributed by atoms with Crippen molar-refractivity contribution in [1.82, 2.24) is 9.97 Å². The van der Waals surface area contributed by atoms with E-state index in [0.29, 0.717) is 0 Å². The van der Waals surface area contributed by atoms with E-state index >= 15 is 0 Å². The van der Waals surface area contributed by atoms with Gasteiger partial charge < -0.3 is 0 Å². The highest BCUT2D eigenvalue weighted by atomic mass is 19.2. The largest absolute Gasteiger partial charge is 0.237 e. The van der Waals surface area contributed by atoms with E-state index in [4.69, 9.17) is 5.26 Å². The standard InChI is InChI=1S/C11H5F2N3/c12-9-3-2-7(8(6-14)10(9)13)11-15-4-1-5-16-11/h1-5H. The van der Waals surface area contributed by atoms with Crippen molar-refractivity contribution in [2.75, 3.05) is 0 Å². The monoisotopic (exact) mass is 217 g/mol. The van der Waals surface area contributed by atoms with Crippen LogP contribution < -0.4 is 0 Å². The first-order valence-corrected chi connectivity index (χ1v) is 4.39. The van der Waals surface area contributed by atoms with Crippen molar-refractivity contribution in [2.45, 2.75) is 0 Å².